The van der Waals surface area contributed by atoms with Gasteiger partial charge in [0.25, 0.3) is 0 Å². The average Bonchev–Trinajstić information content (AvgIpc) is 2.23. The molecule has 1 nitrogen and oxygen atoms in total. The minimum Gasteiger partial charge on any atom is -0.486 e. The summed E-state index contributed by atoms with van der Waals surface area (Å²) >= 11 is 7.23. The Morgan fingerprint density at radius 3 is 1.36 bits per heavy atom. The van der Waals surface area contributed by atoms with Crippen molar-refractivity contribution in [1.82, 2.24) is 4.57 Å². The Balaban J connectivity index is 3.41. The summed E-state index contributed by atoms with van der Waals surface area (Å²) < 4.78 is 4.33. The van der Waals surface area contributed by atoms with Crippen LogP contribution in [0, 0.1) is 7.05 Å². The number of aromatic nitrogens is 1. The molecular formula is C11H16Br2N-. The van der Waals surface area contributed by atoms with E-state index in [9.17, 15) is 0 Å². The highest BCUT2D eigenvalue weighted by atomic mass is 79.9. The third-order valence-electron chi connectivity index (χ3n) is 2.32. The molecule has 0 N–H and O–H groups in total. The summed E-state index contributed by atoms with van der Waals surface area (Å²) in [7, 11) is 4.10. The summed E-state index contributed by atoms with van der Waals surface area (Å²) in [6.07, 6.45) is 0. The molecule has 14 heavy (non-hydrogen) atoms. The summed E-state index contributed by atoms with van der Waals surface area (Å²) in [5.74, 6) is 0.955. The molecule has 0 saturated heterocycles. The second-order valence-corrected chi connectivity index (χ2v) is 5.72. The molecule has 0 radical (unpaired) electrons. The molecule has 1 aromatic heterocycles. The van der Waals surface area contributed by atoms with Gasteiger partial charge in [-0.05, 0) is 8.95 Å². The monoisotopic (exact) mass is 320 g/mol. The lowest BCUT2D eigenvalue weighted by Gasteiger charge is -2.21. The van der Waals surface area contributed by atoms with Crippen molar-refractivity contribution in [3.05, 3.63) is 27.4 Å². The fraction of sp³-hybridized carbons (Fsp3) is 0.545. The molecule has 1 aromatic rings. The minimum atomic E-state index is 0.477. The van der Waals surface area contributed by atoms with Crippen LogP contribution in [0.2, 0.25) is 0 Å². The summed E-state index contributed by atoms with van der Waals surface area (Å²) in [4.78, 5) is 0. The lowest BCUT2D eigenvalue weighted by atomic mass is 10.1. The molecule has 1 rings (SSSR count). The van der Waals surface area contributed by atoms with Gasteiger partial charge in [0.2, 0.25) is 0 Å². The predicted molar refractivity (Wildman–Crippen MR) is 68.8 cm³/mol. The lowest BCUT2D eigenvalue weighted by molar-refractivity contribution is 0.721. The largest absolute Gasteiger partial charge is 0.486 e. The van der Waals surface area contributed by atoms with Crippen LogP contribution in [-0.2, 0) is 0 Å². The second kappa shape index (κ2) is 4.31. The number of halogens is 2. The molecular weight excluding hydrogens is 306 g/mol. The Bertz CT molecular complexity index is 306. The van der Waals surface area contributed by atoms with Gasteiger partial charge in [0.15, 0.2) is 0 Å². The zero-order valence-corrected chi connectivity index (χ0v) is 12.2. The zero-order chi connectivity index (χ0) is 11.0. The Labute approximate surface area is 103 Å². The Kier molecular flexibility index (Phi) is 3.75. The van der Waals surface area contributed by atoms with Crippen molar-refractivity contribution >= 4 is 31.9 Å². The van der Waals surface area contributed by atoms with Crippen molar-refractivity contribution in [2.75, 3.05) is 0 Å². The van der Waals surface area contributed by atoms with E-state index in [1.54, 1.807) is 0 Å². The maximum Gasteiger partial charge on any atom is -0.0144 e. The molecule has 0 aliphatic rings. The highest BCUT2D eigenvalue weighted by Crippen LogP contribution is 2.39. The molecule has 3 heteroatoms. The van der Waals surface area contributed by atoms with Crippen molar-refractivity contribution < 1.29 is 0 Å². The van der Waals surface area contributed by atoms with Crippen LogP contribution in [0.25, 0.3) is 0 Å². The Morgan fingerprint density at radius 2 is 1.21 bits per heavy atom. The van der Waals surface area contributed by atoms with Gasteiger partial charge in [0.05, 0.1) is 0 Å². The molecule has 0 aliphatic carbocycles. The van der Waals surface area contributed by atoms with Gasteiger partial charge in [-0.15, -0.1) is 7.05 Å². The van der Waals surface area contributed by atoms with Gasteiger partial charge in [-0.1, -0.05) is 82.8 Å². The van der Waals surface area contributed by atoms with Gasteiger partial charge in [-0.25, -0.2) is 0 Å². The highest BCUT2D eigenvalue weighted by molar-refractivity contribution is 9.13. The van der Waals surface area contributed by atoms with Crippen LogP contribution in [-0.4, -0.2) is 4.57 Å². The van der Waals surface area contributed by atoms with Crippen LogP contribution >= 0.6 is 31.9 Å². The maximum absolute atomic E-state index is 4.10. The van der Waals surface area contributed by atoms with Gasteiger partial charge in [0, 0.05) is 0 Å². The molecule has 80 valence electrons. The molecule has 0 spiro atoms. The lowest BCUT2D eigenvalue weighted by Crippen LogP contribution is -2.02. The van der Waals surface area contributed by atoms with Gasteiger partial charge in [-0.3, -0.25) is 0 Å². The van der Waals surface area contributed by atoms with E-state index in [-0.39, 0.29) is 0 Å². The van der Waals surface area contributed by atoms with Crippen LogP contribution in [0.5, 0.6) is 0 Å². The van der Waals surface area contributed by atoms with E-state index >= 15 is 0 Å². The molecule has 0 amide bonds. The Morgan fingerprint density at radius 1 is 0.929 bits per heavy atom. The fourth-order valence-electron chi connectivity index (χ4n) is 1.72. The van der Waals surface area contributed by atoms with E-state index in [0.717, 1.165) is 8.95 Å². The first-order chi connectivity index (χ1) is 6.37. The van der Waals surface area contributed by atoms with Crippen molar-refractivity contribution in [1.29, 1.82) is 0 Å². The van der Waals surface area contributed by atoms with Crippen molar-refractivity contribution in [2.24, 2.45) is 0 Å². The van der Waals surface area contributed by atoms with Crippen LogP contribution in [0.4, 0.5) is 0 Å². The van der Waals surface area contributed by atoms with Gasteiger partial charge in [0.1, 0.15) is 0 Å². The predicted octanol–water partition coefficient (Wildman–Crippen LogP) is 4.90. The minimum absolute atomic E-state index is 0.477. The standard InChI is InChI=1S/C11H16Br2N/c1-6(2)10-8(12)9(13)11(7(3)4)14(10)5/h6-7H,5H2,1-4H3/q-1. The summed E-state index contributed by atoms with van der Waals surface area (Å²) in [5, 5.41) is 0. The highest BCUT2D eigenvalue weighted by Gasteiger charge is 2.13. The quantitative estimate of drug-likeness (QED) is 0.683. The van der Waals surface area contributed by atoms with Crippen molar-refractivity contribution in [3.63, 3.8) is 0 Å². The van der Waals surface area contributed by atoms with Gasteiger partial charge in [-0.2, -0.15) is 0 Å². The SMILES string of the molecule is [CH2-]n1c(C(C)C)c(Br)c(Br)c1C(C)C. The van der Waals surface area contributed by atoms with E-state index < -0.39 is 0 Å². The van der Waals surface area contributed by atoms with Crippen LogP contribution in [0.1, 0.15) is 50.9 Å². The average molecular weight is 322 g/mol. The third-order valence-corrected chi connectivity index (χ3v) is 4.46. The first-order valence-corrected chi connectivity index (χ1v) is 6.36. The van der Waals surface area contributed by atoms with E-state index in [1.807, 2.05) is 4.57 Å². The molecule has 0 bridgehead atoms. The number of nitrogens with zero attached hydrogens (tertiary/aromatic N) is 1. The fourth-order valence-corrected chi connectivity index (χ4v) is 3.47. The molecule has 0 unspecified atom stereocenters. The number of hydrogen-bond acceptors (Lipinski definition) is 0. The summed E-state index contributed by atoms with van der Waals surface area (Å²) in [6, 6.07) is 0. The number of rotatable bonds is 2. The summed E-state index contributed by atoms with van der Waals surface area (Å²) in [5.41, 5.74) is 2.50. The second-order valence-electron chi connectivity index (χ2n) is 4.14. The van der Waals surface area contributed by atoms with E-state index in [2.05, 4.69) is 66.6 Å². The normalized spacial score (nSPS) is 11.7. The van der Waals surface area contributed by atoms with Gasteiger partial charge >= 0.3 is 0 Å². The Hall–Kier alpha value is 0.110. The number of hydrogen-bond donors (Lipinski definition) is 0. The van der Waals surface area contributed by atoms with E-state index in [0.29, 0.717) is 11.8 Å². The van der Waals surface area contributed by atoms with Crippen LogP contribution < -0.4 is 0 Å². The van der Waals surface area contributed by atoms with E-state index in [4.69, 9.17) is 0 Å². The molecule has 0 saturated carbocycles. The van der Waals surface area contributed by atoms with E-state index in [1.165, 1.54) is 11.4 Å². The van der Waals surface area contributed by atoms with Crippen LogP contribution in [0.3, 0.4) is 0 Å². The third kappa shape index (κ3) is 1.89. The molecule has 0 aromatic carbocycles. The topological polar surface area (TPSA) is 4.93 Å². The molecule has 0 atom stereocenters. The van der Waals surface area contributed by atoms with Crippen LogP contribution in [0.15, 0.2) is 8.95 Å². The molecule has 0 fully saturated rings. The molecule has 1 heterocycles. The smallest absolute Gasteiger partial charge is 0.0144 e. The first kappa shape index (κ1) is 12.2. The van der Waals surface area contributed by atoms with Gasteiger partial charge < -0.3 is 4.57 Å². The first-order valence-electron chi connectivity index (χ1n) is 4.78. The zero-order valence-electron chi connectivity index (χ0n) is 9.06. The maximum atomic E-state index is 4.10. The summed E-state index contributed by atoms with van der Waals surface area (Å²) in [6.45, 7) is 8.72. The van der Waals surface area contributed by atoms with Crippen molar-refractivity contribution in [3.8, 4) is 0 Å². The molecule has 0 aliphatic heterocycles. The van der Waals surface area contributed by atoms with Crippen molar-refractivity contribution in [2.45, 2.75) is 39.5 Å².